The van der Waals surface area contributed by atoms with Gasteiger partial charge in [-0.2, -0.15) is 0 Å². The Balaban J connectivity index is 1.68. The van der Waals surface area contributed by atoms with E-state index in [9.17, 15) is 13.2 Å². The minimum absolute atomic E-state index is 0.0286. The number of hydrogen-bond donors (Lipinski definition) is 0. The third kappa shape index (κ3) is 3.71. The van der Waals surface area contributed by atoms with Gasteiger partial charge in [-0.1, -0.05) is 35.9 Å². The van der Waals surface area contributed by atoms with Crippen LogP contribution >= 0.6 is 0 Å². The number of nitrogens with zero attached hydrogens (tertiary/aromatic N) is 2. The molecule has 0 aromatic heterocycles. The van der Waals surface area contributed by atoms with Gasteiger partial charge in [0.1, 0.15) is 0 Å². The fourth-order valence-corrected chi connectivity index (χ4v) is 6.47. The van der Waals surface area contributed by atoms with Gasteiger partial charge in [0, 0.05) is 18.3 Å². The lowest BCUT2D eigenvalue weighted by Gasteiger charge is -2.43. The molecule has 5 nitrogen and oxygen atoms in total. The Kier molecular flexibility index (Phi) is 4.79. The largest absolute Gasteiger partial charge is 0.306 e. The Morgan fingerprint density at radius 2 is 1.50 bits per heavy atom. The first-order valence-electron chi connectivity index (χ1n) is 9.62. The standard InChI is InChI=1S/C22H26N2O3S/c1-15-4-6-18(7-5-15)11-23-12-22(25)24(19-9-16(2)8-17(3)10-19)21-14-28(26,27)13-20(21)23/h4-10,20-21H,11-14H2,1-3H3/t20-,21+/m0/s1. The van der Waals surface area contributed by atoms with Crippen molar-refractivity contribution in [3.63, 3.8) is 0 Å². The smallest absolute Gasteiger partial charge is 0.241 e. The molecule has 1 amide bonds. The molecule has 0 aliphatic carbocycles. The quantitative estimate of drug-likeness (QED) is 0.798. The highest BCUT2D eigenvalue weighted by Crippen LogP contribution is 2.33. The zero-order chi connectivity index (χ0) is 20.1. The lowest BCUT2D eigenvalue weighted by atomic mass is 10.0. The highest BCUT2D eigenvalue weighted by atomic mass is 32.2. The third-order valence-electron chi connectivity index (χ3n) is 5.69. The van der Waals surface area contributed by atoms with Crippen LogP contribution in [0.15, 0.2) is 42.5 Å². The minimum atomic E-state index is -3.18. The normalized spacial score (nSPS) is 24.4. The molecule has 4 rings (SSSR count). The molecule has 2 aromatic carbocycles. The molecule has 0 spiro atoms. The molecule has 0 unspecified atom stereocenters. The summed E-state index contributed by atoms with van der Waals surface area (Å²) < 4.78 is 25.0. The summed E-state index contributed by atoms with van der Waals surface area (Å²) in [6.07, 6.45) is 0. The number of fused-ring (bicyclic) bond motifs is 1. The summed E-state index contributed by atoms with van der Waals surface area (Å²) in [5, 5.41) is 0. The average Bonchev–Trinajstić information content (AvgIpc) is 2.91. The SMILES string of the molecule is Cc1ccc(CN2CC(=O)N(c3cc(C)cc(C)c3)[C@@H]3CS(=O)(=O)C[C@@H]32)cc1. The van der Waals surface area contributed by atoms with Crippen LogP contribution in [0.5, 0.6) is 0 Å². The molecule has 2 fully saturated rings. The van der Waals surface area contributed by atoms with Gasteiger partial charge in [-0.3, -0.25) is 9.69 Å². The van der Waals surface area contributed by atoms with Crippen molar-refractivity contribution < 1.29 is 13.2 Å². The van der Waals surface area contributed by atoms with Crippen molar-refractivity contribution in [3.05, 3.63) is 64.7 Å². The molecule has 2 saturated heterocycles. The molecule has 2 aliphatic heterocycles. The second kappa shape index (κ2) is 7.01. The van der Waals surface area contributed by atoms with E-state index in [1.54, 1.807) is 4.90 Å². The second-order valence-corrected chi connectivity index (χ2v) is 10.4. The first-order valence-corrected chi connectivity index (χ1v) is 11.4. The van der Waals surface area contributed by atoms with Crippen LogP contribution in [-0.4, -0.2) is 49.4 Å². The van der Waals surface area contributed by atoms with Gasteiger partial charge in [0.2, 0.25) is 5.91 Å². The fourth-order valence-electron chi connectivity index (χ4n) is 4.48. The summed E-state index contributed by atoms with van der Waals surface area (Å²) in [7, 11) is -3.18. The Hall–Kier alpha value is -2.18. The molecular formula is C22H26N2O3S. The van der Waals surface area contributed by atoms with Gasteiger partial charge in [0.15, 0.2) is 9.84 Å². The number of benzene rings is 2. The molecule has 28 heavy (non-hydrogen) atoms. The molecule has 2 heterocycles. The monoisotopic (exact) mass is 398 g/mol. The third-order valence-corrected chi connectivity index (χ3v) is 7.39. The molecule has 2 aromatic rings. The lowest BCUT2D eigenvalue weighted by molar-refractivity contribution is -0.123. The summed E-state index contributed by atoms with van der Waals surface area (Å²) in [6.45, 7) is 6.85. The first kappa shape index (κ1) is 19.2. The number of aryl methyl sites for hydroxylation is 3. The van der Waals surface area contributed by atoms with E-state index in [-0.39, 0.29) is 36.0 Å². The molecule has 148 valence electrons. The van der Waals surface area contributed by atoms with Crippen molar-refractivity contribution in [1.29, 1.82) is 0 Å². The van der Waals surface area contributed by atoms with Crippen LogP contribution in [0.25, 0.3) is 0 Å². The van der Waals surface area contributed by atoms with Crippen LogP contribution in [0.2, 0.25) is 0 Å². The Morgan fingerprint density at radius 1 is 0.893 bits per heavy atom. The van der Waals surface area contributed by atoms with Gasteiger partial charge in [0.25, 0.3) is 0 Å². The van der Waals surface area contributed by atoms with E-state index in [4.69, 9.17) is 0 Å². The Bertz CT molecular complexity index is 994. The fraction of sp³-hybridized carbons (Fsp3) is 0.409. The topological polar surface area (TPSA) is 57.7 Å². The Labute approximate surface area is 166 Å². The van der Waals surface area contributed by atoms with Crippen molar-refractivity contribution in [1.82, 2.24) is 4.90 Å². The van der Waals surface area contributed by atoms with Crippen molar-refractivity contribution in [2.75, 3.05) is 23.0 Å². The molecule has 0 radical (unpaired) electrons. The summed E-state index contributed by atoms with van der Waals surface area (Å²) in [5.74, 6) is 0.106. The number of carbonyl (C=O) groups is 1. The van der Waals surface area contributed by atoms with E-state index in [2.05, 4.69) is 18.2 Å². The van der Waals surface area contributed by atoms with Gasteiger partial charge < -0.3 is 4.90 Å². The second-order valence-electron chi connectivity index (χ2n) is 8.21. The van der Waals surface area contributed by atoms with Gasteiger partial charge >= 0.3 is 0 Å². The van der Waals surface area contributed by atoms with Crippen molar-refractivity contribution in [2.45, 2.75) is 39.4 Å². The van der Waals surface area contributed by atoms with Gasteiger partial charge in [-0.05, 0) is 49.6 Å². The van der Waals surface area contributed by atoms with Crippen molar-refractivity contribution in [3.8, 4) is 0 Å². The molecule has 0 N–H and O–H groups in total. The summed E-state index contributed by atoms with van der Waals surface area (Å²) in [4.78, 5) is 16.9. The highest BCUT2D eigenvalue weighted by molar-refractivity contribution is 7.91. The maximum atomic E-state index is 13.1. The average molecular weight is 399 g/mol. The lowest BCUT2D eigenvalue weighted by Crippen LogP contribution is -2.61. The van der Waals surface area contributed by atoms with Crippen LogP contribution in [0.3, 0.4) is 0 Å². The molecule has 2 atom stereocenters. The number of amides is 1. The van der Waals surface area contributed by atoms with Gasteiger partial charge in [-0.15, -0.1) is 0 Å². The van der Waals surface area contributed by atoms with E-state index >= 15 is 0 Å². The van der Waals surface area contributed by atoms with E-state index in [1.807, 2.05) is 49.9 Å². The number of carbonyl (C=O) groups excluding carboxylic acids is 1. The van der Waals surface area contributed by atoms with E-state index in [0.717, 1.165) is 22.4 Å². The predicted octanol–water partition coefficient (Wildman–Crippen LogP) is 2.63. The van der Waals surface area contributed by atoms with Gasteiger partial charge in [-0.25, -0.2) is 8.42 Å². The maximum absolute atomic E-state index is 13.1. The zero-order valence-electron chi connectivity index (χ0n) is 16.6. The number of hydrogen-bond acceptors (Lipinski definition) is 4. The minimum Gasteiger partial charge on any atom is -0.306 e. The van der Waals surface area contributed by atoms with E-state index in [1.165, 1.54) is 5.56 Å². The van der Waals surface area contributed by atoms with Crippen LogP contribution < -0.4 is 4.90 Å². The number of sulfone groups is 1. The van der Waals surface area contributed by atoms with Crippen LogP contribution in [-0.2, 0) is 21.2 Å². The molecular weight excluding hydrogens is 372 g/mol. The molecule has 0 saturated carbocycles. The van der Waals surface area contributed by atoms with Crippen molar-refractivity contribution in [2.24, 2.45) is 0 Å². The molecule has 2 aliphatic rings. The molecule has 6 heteroatoms. The van der Waals surface area contributed by atoms with Crippen LogP contribution in [0.1, 0.15) is 22.3 Å². The molecule has 0 bridgehead atoms. The summed E-state index contributed by atoms with van der Waals surface area (Å²) in [6, 6.07) is 13.7. The maximum Gasteiger partial charge on any atom is 0.241 e. The highest BCUT2D eigenvalue weighted by Gasteiger charge is 2.49. The number of anilines is 1. The van der Waals surface area contributed by atoms with Gasteiger partial charge in [0.05, 0.1) is 24.1 Å². The van der Waals surface area contributed by atoms with E-state index < -0.39 is 9.84 Å². The first-order chi connectivity index (χ1) is 13.2. The number of piperazine rings is 1. The van der Waals surface area contributed by atoms with Crippen LogP contribution in [0, 0.1) is 20.8 Å². The summed E-state index contributed by atoms with van der Waals surface area (Å²) >= 11 is 0. The number of rotatable bonds is 3. The van der Waals surface area contributed by atoms with E-state index in [0.29, 0.717) is 6.54 Å². The van der Waals surface area contributed by atoms with Crippen LogP contribution in [0.4, 0.5) is 5.69 Å². The zero-order valence-corrected chi connectivity index (χ0v) is 17.4. The summed E-state index contributed by atoms with van der Waals surface area (Å²) in [5.41, 5.74) is 5.23. The van der Waals surface area contributed by atoms with Crippen molar-refractivity contribution >= 4 is 21.4 Å². The Morgan fingerprint density at radius 3 is 2.14 bits per heavy atom. The predicted molar refractivity (Wildman–Crippen MR) is 111 cm³/mol.